The molecule has 0 spiro atoms. The summed E-state index contributed by atoms with van der Waals surface area (Å²) >= 11 is 0. The lowest BCUT2D eigenvalue weighted by atomic mass is 10.2. The lowest BCUT2D eigenvalue weighted by Crippen LogP contribution is -2.14. The van der Waals surface area contributed by atoms with Crippen LogP contribution in [-0.4, -0.2) is 18.2 Å². The quantitative estimate of drug-likeness (QED) is 0.764. The van der Waals surface area contributed by atoms with Crippen LogP contribution in [-0.2, 0) is 22.3 Å². The molecule has 1 rings (SSSR count). The molecule has 6 heteroatoms. The van der Waals surface area contributed by atoms with Gasteiger partial charge in [0.2, 0.25) is 10.0 Å². The molecule has 0 saturated heterocycles. The van der Waals surface area contributed by atoms with Crippen LogP contribution in [0.15, 0.2) is 6.20 Å². The van der Waals surface area contributed by atoms with Crippen molar-refractivity contribution >= 4 is 10.0 Å². The standard InChI is InChI=1S/C10H19N3O2S/c1-3-4-5-6-13-7-10(9(2)12-13)8-16(11,14)15/h7H,3-6,8H2,1-2H3,(H2,11,14,15). The van der Waals surface area contributed by atoms with Crippen LogP contribution in [0.3, 0.4) is 0 Å². The molecule has 16 heavy (non-hydrogen) atoms. The van der Waals surface area contributed by atoms with E-state index in [1.165, 1.54) is 0 Å². The Morgan fingerprint density at radius 1 is 1.44 bits per heavy atom. The summed E-state index contributed by atoms with van der Waals surface area (Å²) in [4.78, 5) is 0. The van der Waals surface area contributed by atoms with Gasteiger partial charge in [0.05, 0.1) is 11.4 Å². The van der Waals surface area contributed by atoms with Gasteiger partial charge in [-0.1, -0.05) is 19.8 Å². The molecule has 92 valence electrons. The van der Waals surface area contributed by atoms with E-state index in [0.717, 1.165) is 31.5 Å². The second kappa shape index (κ2) is 5.45. The van der Waals surface area contributed by atoms with Crippen molar-refractivity contribution in [2.45, 2.75) is 45.4 Å². The molecule has 0 fully saturated rings. The fraction of sp³-hybridized carbons (Fsp3) is 0.700. The summed E-state index contributed by atoms with van der Waals surface area (Å²) in [5, 5.41) is 9.27. The van der Waals surface area contributed by atoms with E-state index in [0.29, 0.717) is 5.56 Å². The molecule has 0 aliphatic heterocycles. The number of nitrogens with zero attached hydrogens (tertiary/aromatic N) is 2. The molecule has 0 radical (unpaired) electrons. The summed E-state index contributed by atoms with van der Waals surface area (Å²) in [6, 6.07) is 0. The van der Waals surface area contributed by atoms with Gasteiger partial charge in [-0.2, -0.15) is 5.10 Å². The van der Waals surface area contributed by atoms with E-state index in [2.05, 4.69) is 12.0 Å². The van der Waals surface area contributed by atoms with Crippen LogP contribution in [0.1, 0.15) is 37.4 Å². The van der Waals surface area contributed by atoms with Crippen LogP contribution in [0.5, 0.6) is 0 Å². The van der Waals surface area contributed by atoms with Crippen molar-refractivity contribution in [1.29, 1.82) is 0 Å². The summed E-state index contributed by atoms with van der Waals surface area (Å²) in [5.74, 6) is -0.132. The second-order valence-corrected chi connectivity index (χ2v) is 5.63. The van der Waals surface area contributed by atoms with Gasteiger partial charge in [-0.3, -0.25) is 4.68 Å². The summed E-state index contributed by atoms with van der Waals surface area (Å²) in [7, 11) is -3.46. The van der Waals surface area contributed by atoms with Crippen molar-refractivity contribution in [2.24, 2.45) is 5.14 Å². The number of hydrogen-bond acceptors (Lipinski definition) is 3. The Labute approximate surface area is 96.7 Å². The van der Waals surface area contributed by atoms with Gasteiger partial charge in [-0.25, -0.2) is 13.6 Å². The largest absolute Gasteiger partial charge is 0.272 e. The van der Waals surface area contributed by atoms with Crippen LogP contribution in [0, 0.1) is 6.92 Å². The third-order valence-corrected chi connectivity index (χ3v) is 3.11. The monoisotopic (exact) mass is 245 g/mol. The molecule has 1 aromatic rings. The predicted molar refractivity (Wildman–Crippen MR) is 63.3 cm³/mol. The Bertz CT molecular complexity index is 437. The van der Waals surface area contributed by atoms with Crippen LogP contribution < -0.4 is 5.14 Å². The van der Waals surface area contributed by atoms with E-state index in [-0.39, 0.29) is 5.75 Å². The minimum Gasteiger partial charge on any atom is -0.272 e. The molecule has 0 atom stereocenters. The topological polar surface area (TPSA) is 78.0 Å². The first-order chi connectivity index (χ1) is 7.42. The molecule has 5 nitrogen and oxygen atoms in total. The molecule has 0 saturated carbocycles. The molecule has 2 N–H and O–H groups in total. The average Bonchev–Trinajstić information content (AvgIpc) is 2.45. The Morgan fingerprint density at radius 2 is 2.12 bits per heavy atom. The summed E-state index contributed by atoms with van der Waals surface area (Å²) in [6.07, 6.45) is 5.15. The fourth-order valence-corrected chi connectivity index (χ4v) is 2.27. The maximum Gasteiger partial charge on any atom is 0.213 e. The zero-order valence-corrected chi connectivity index (χ0v) is 10.6. The van der Waals surface area contributed by atoms with Gasteiger partial charge in [-0.15, -0.1) is 0 Å². The third kappa shape index (κ3) is 4.32. The number of aryl methyl sites for hydroxylation is 2. The minimum atomic E-state index is -3.46. The molecule has 0 aromatic carbocycles. The summed E-state index contributed by atoms with van der Waals surface area (Å²) in [6.45, 7) is 4.77. The summed E-state index contributed by atoms with van der Waals surface area (Å²) in [5.41, 5.74) is 1.43. The van der Waals surface area contributed by atoms with Crippen molar-refractivity contribution in [3.63, 3.8) is 0 Å². The highest BCUT2D eigenvalue weighted by atomic mass is 32.2. The number of nitrogens with two attached hydrogens (primary N) is 1. The van der Waals surface area contributed by atoms with Crippen LogP contribution in [0.25, 0.3) is 0 Å². The number of primary sulfonamides is 1. The lowest BCUT2D eigenvalue weighted by Gasteiger charge is -1.98. The number of aromatic nitrogens is 2. The first kappa shape index (κ1) is 13.2. The summed E-state index contributed by atoms with van der Waals surface area (Å²) < 4.78 is 23.7. The number of hydrogen-bond donors (Lipinski definition) is 1. The Kier molecular flexibility index (Phi) is 4.49. The van der Waals surface area contributed by atoms with E-state index in [1.54, 1.807) is 17.8 Å². The van der Waals surface area contributed by atoms with E-state index in [9.17, 15) is 8.42 Å². The Morgan fingerprint density at radius 3 is 2.69 bits per heavy atom. The van der Waals surface area contributed by atoms with Gasteiger partial charge in [0.15, 0.2) is 0 Å². The second-order valence-electron chi connectivity index (χ2n) is 4.02. The highest BCUT2D eigenvalue weighted by Crippen LogP contribution is 2.09. The Hall–Kier alpha value is -0.880. The van der Waals surface area contributed by atoms with Gasteiger partial charge in [0.25, 0.3) is 0 Å². The molecule has 0 amide bonds. The van der Waals surface area contributed by atoms with Crippen LogP contribution in [0.4, 0.5) is 0 Å². The van der Waals surface area contributed by atoms with Gasteiger partial charge >= 0.3 is 0 Å². The SMILES string of the molecule is CCCCCn1cc(CS(N)(=O)=O)c(C)n1. The lowest BCUT2D eigenvalue weighted by molar-refractivity contribution is 0.550. The smallest absolute Gasteiger partial charge is 0.213 e. The van der Waals surface area contributed by atoms with E-state index >= 15 is 0 Å². The number of sulfonamides is 1. The van der Waals surface area contributed by atoms with E-state index in [4.69, 9.17) is 5.14 Å². The van der Waals surface area contributed by atoms with Crippen molar-refractivity contribution < 1.29 is 8.42 Å². The normalized spacial score (nSPS) is 11.9. The van der Waals surface area contributed by atoms with Gasteiger partial charge in [-0.05, 0) is 13.3 Å². The molecule has 1 aromatic heterocycles. The van der Waals surface area contributed by atoms with Crippen molar-refractivity contribution in [3.05, 3.63) is 17.5 Å². The molecule has 0 bridgehead atoms. The molecule has 0 unspecified atom stereocenters. The zero-order valence-electron chi connectivity index (χ0n) is 9.81. The highest BCUT2D eigenvalue weighted by Gasteiger charge is 2.11. The average molecular weight is 245 g/mol. The first-order valence-corrected chi connectivity index (χ1v) is 7.17. The predicted octanol–water partition coefficient (Wildman–Crippen LogP) is 1.17. The molecular weight excluding hydrogens is 226 g/mol. The Balaban J connectivity index is 2.66. The first-order valence-electron chi connectivity index (χ1n) is 5.46. The molecular formula is C10H19N3O2S. The van der Waals surface area contributed by atoms with Crippen LogP contribution >= 0.6 is 0 Å². The van der Waals surface area contributed by atoms with Gasteiger partial charge < -0.3 is 0 Å². The fourth-order valence-electron chi connectivity index (χ4n) is 1.56. The number of rotatable bonds is 6. The maximum atomic E-state index is 11.0. The van der Waals surface area contributed by atoms with E-state index < -0.39 is 10.0 Å². The van der Waals surface area contributed by atoms with Gasteiger partial charge in [0, 0.05) is 18.3 Å². The minimum absolute atomic E-state index is 0.132. The third-order valence-electron chi connectivity index (χ3n) is 2.40. The molecule has 0 aliphatic carbocycles. The maximum absolute atomic E-state index is 11.0. The zero-order chi connectivity index (χ0) is 12.2. The van der Waals surface area contributed by atoms with Crippen molar-refractivity contribution in [1.82, 2.24) is 9.78 Å². The van der Waals surface area contributed by atoms with Crippen molar-refractivity contribution in [3.8, 4) is 0 Å². The van der Waals surface area contributed by atoms with E-state index in [1.807, 2.05) is 0 Å². The molecule has 1 heterocycles. The molecule has 0 aliphatic rings. The van der Waals surface area contributed by atoms with Crippen molar-refractivity contribution in [2.75, 3.05) is 0 Å². The highest BCUT2D eigenvalue weighted by molar-refractivity contribution is 7.88. The van der Waals surface area contributed by atoms with Crippen LogP contribution in [0.2, 0.25) is 0 Å². The van der Waals surface area contributed by atoms with Gasteiger partial charge in [0.1, 0.15) is 0 Å². The number of unbranched alkanes of at least 4 members (excludes halogenated alkanes) is 2.